The van der Waals surface area contributed by atoms with Crippen molar-refractivity contribution in [2.45, 2.75) is 71.8 Å². The van der Waals surface area contributed by atoms with Crippen molar-refractivity contribution < 1.29 is 4.79 Å². The number of carbonyl (C=O) groups excluding carboxylic acids is 1. The van der Waals surface area contributed by atoms with Gasteiger partial charge in [-0.1, -0.05) is 40.0 Å². The average molecular weight is 319 g/mol. The summed E-state index contributed by atoms with van der Waals surface area (Å²) in [6, 6.07) is 2.71. The lowest BCUT2D eigenvalue weighted by atomic mass is 9.74. The van der Waals surface area contributed by atoms with Crippen LogP contribution in [0.1, 0.15) is 65.7 Å². The van der Waals surface area contributed by atoms with Crippen molar-refractivity contribution in [2.75, 3.05) is 19.6 Å². The van der Waals surface area contributed by atoms with Crippen LogP contribution in [0.4, 0.5) is 0 Å². The zero-order valence-electron chi connectivity index (χ0n) is 15.1. The summed E-state index contributed by atoms with van der Waals surface area (Å²) >= 11 is 0. The molecule has 2 fully saturated rings. The van der Waals surface area contributed by atoms with Gasteiger partial charge in [0.25, 0.3) is 0 Å². The Morgan fingerprint density at radius 3 is 2.39 bits per heavy atom. The Hall–Kier alpha value is -1.08. The molecule has 4 nitrogen and oxygen atoms in total. The Balaban J connectivity index is 1.93. The van der Waals surface area contributed by atoms with E-state index >= 15 is 0 Å². The van der Waals surface area contributed by atoms with Gasteiger partial charge in [0.2, 0.25) is 5.91 Å². The molecule has 1 atom stereocenters. The molecule has 1 aliphatic carbocycles. The molecule has 0 aromatic heterocycles. The molecule has 0 spiro atoms. The third-order valence-corrected chi connectivity index (χ3v) is 5.88. The van der Waals surface area contributed by atoms with Crippen LogP contribution in [0, 0.1) is 28.6 Å². The molecule has 130 valence electrons. The van der Waals surface area contributed by atoms with Crippen LogP contribution in [-0.4, -0.2) is 36.5 Å². The second-order valence-corrected chi connectivity index (χ2v) is 7.99. The monoisotopic (exact) mass is 319 g/mol. The van der Waals surface area contributed by atoms with E-state index in [-0.39, 0.29) is 5.91 Å². The summed E-state index contributed by atoms with van der Waals surface area (Å²) in [6.45, 7) is 9.72. The first-order valence-electron chi connectivity index (χ1n) is 9.42. The molecular weight excluding hydrogens is 286 g/mol. The Labute approximate surface area is 141 Å². The Morgan fingerprint density at radius 2 is 1.87 bits per heavy atom. The number of nitriles is 1. The van der Waals surface area contributed by atoms with E-state index in [1.54, 1.807) is 0 Å². The van der Waals surface area contributed by atoms with Gasteiger partial charge in [0.15, 0.2) is 0 Å². The maximum atomic E-state index is 12.7. The molecule has 1 heterocycles. The van der Waals surface area contributed by atoms with Gasteiger partial charge in [0.1, 0.15) is 5.41 Å². The van der Waals surface area contributed by atoms with Gasteiger partial charge in [-0.3, -0.25) is 9.69 Å². The topological polar surface area (TPSA) is 56.1 Å². The molecular formula is C19H33N3O. The summed E-state index contributed by atoms with van der Waals surface area (Å²) in [5, 5.41) is 12.7. The SMILES string of the molecule is CC1CCN(C(CNC(=O)C2(C#N)CCCCC2)C(C)C)CC1. The van der Waals surface area contributed by atoms with Gasteiger partial charge in [0.05, 0.1) is 6.07 Å². The number of hydrogen-bond acceptors (Lipinski definition) is 3. The Morgan fingerprint density at radius 1 is 1.26 bits per heavy atom. The Bertz CT molecular complexity index is 426. The molecule has 1 saturated carbocycles. The van der Waals surface area contributed by atoms with Crippen LogP contribution in [0.2, 0.25) is 0 Å². The van der Waals surface area contributed by atoms with Crippen molar-refractivity contribution in [3.63, 3.8) is 0 Å². The number of likely N-dealkylation sites (tertiary alicyclic amines) is 1. The molecule has 23 heavy (non-hydrogen) atoms. The van der Waals surface area contributed by atoms with Gasteiger partial charge in [-0.05, 0) is 50.6 Å². The summed E-state index contributed by atoms with van der Waals surface area (Å²) in [5.74, 6) is 1.29. The van der Waals surface area contributed by atoms with Crippen molar-refractivity contribution in [2.24, 2.45) is 17.3 Å². The van der Waals surface area contributed by atoms with Crippen LogP contribution in [0.15, 0.2) is 0 Å². The molecule has 1 saturated heterocycles. The van der Waals surface area contributed by atoms with Crippen LogP contribution in [0.5, 0.6) is 0 Å². The van der Waals surface area contributed by atoms with Crippen molar-refractivity contribution in [3.05, 3.63) is 0 Å². The van der Waals surface area contributed by atoms with Crippen molar-refractivity contribution in [3.8, 4) is 6.07 Å². The van der Waals surface area contributed by atoms with Crippen LogP contribution >= 0.6 is 0 Å². The number of hydrogen-bond donors (Lipinski definition) is 1. The van der Waals surface area contributed by atoms with E-state index in [9.17, 15) is 10.1 Å². The number of amides is 1. The van der Waals surface area contributed by atoms with Gasteiger partial charge < -0.3 is 5.32 Å². The van der Waals surface area contributed by atoms with E-state index in [2.05, 4.69) is 37.1 Å². The number of rotatable bonds is 5. The summed E-state index contributed by atoms with van der Waals surface area (Å²) in [6.07, 6.45) is 7.10. The number of nitrogens with zero attached hydrogens (tertiary/aromatic N) is 2. The summed E-state index contributed by atoms with van der Waals surface area (Å²) in [4.78, 5) is 15.2. The summed E-state index contributed by atoms with van der Waals surface area (Å²) < 4.78 is 0. The third kappa shape index (κ3) is 4.47. The minimum atomic E-state index is -0.768. The van der Waals surface area contributed by atoms with Crippen molar-refractivity contribution in [1.82, 2.24) is 10.2 Å². The summed E-state index contributed by atoms with van der Waals surface area (Å²) in [7, 11) is 0. The number of piperidine rings is 1. The molecule has 1 unspecified atom stereocenters. The van der Waals surface area contributed by atoms with Gasteiger partial charge >= 0.3 is 0 Å². The fraction of sp³-hybridized carbons (Fsp3) is 0.895. The van der Waals surface area contributed by atoms with E-state index in [1.165, 1.54) is 12.8 Å². The number of carbonyl (C=O) groups is 1. The maximum absolute atomic E-state index is 12.7. The quantitative estimate of drug-likeness (QED) is 0.845. The lowest BCUT2D eigenvalue weighted by molar-refractivity contribution is -0.130. The van der Waals surface area contributed by atoms with E-state index in [0.29, 0.717) is 18.5 Å². The van der Waals surface area contributed by atoms with Crippen molar-refractivity contribution in [1.29, 1.82) is 5.26 Å². The van der Waals surface area contributed by atoms with E-state index in [1.807, 2.05) is 0 Å². The van der Waals surface area contributed by atoms with Gasteiger partial charge in [-0.25, -0.2) is 0 Å². The molecule has 4 heteroatoms. The fourth-order valence-corrected chi connectivity index (χ4v) is 4.06. The van der Waals surface area contributed by atoms with Crippen LogP contribution < -0.4 is 5.32 Å². The molecule has 1 N–H and O–H groups in total. The first-order valence-corrected chi connectivity index (χ1v) is 9.42. The highest BCUT2D eigenvalue weighted by molar-refractivity contribution is 5.85. The molecule has 0 bridgehead atoms. The van der Waals surface area contributed by atoms with E-state index in [0.717, 1.165) is 51.1 Å². The van der Waals surface area contributed by atoms with Gasteiger partial charge in [0, 0.05) is 12.6 Å². The third-order valence-electron chi connectivity index (χ3n) is 5.88. The molecule has 2 rings (SSSR count). The smallest absolute Gasteiger partial charge is 0.240 e. The van der Waals surface area contributed by atoms with Crippen molar-refractivity contribution >= 4 is 5.91 Å². The highest BCUT2D eigenvalue weighted by Gasteiger charge is 2.40. The predicted octanol–water partition coefficient (Wildman–Crippen LogP) is 3.33. The molecule has 0 aromatic carbocycles. The highest BCUT2D eigenvalue weighted by atomic mass is 16.2. The second kappa shape index (κ2) is 8.15. The maximum Gasteiger partial charge on any atom is 0.240 e. The normalized spacial score (nSPS) is 24.1. The Kier molecular flexibility index (Phi) is 6.47. The molecule has 2 aliphatic rings. The second-order valence-electron chi connectivity index (χ2n) is 7.99. The zero-order chi connectivity index (χ0) is 16.9. The summed E-state index contributed by atoms with van der Waals surface area (Å²) in [5.41, 5.74) is -0.768. The molecule has 0 aromatic rings. The molecule has 1 amide bonds. The van der Waals surface area contributed by atoms with Crippen LogP contribution in [0.25, 0.3) is 0 Å². The van der Waals surface area contributed by atoms with Crippen LogP contribution in [0.3, 0.4) is 0 Å². The minimum Gasteiger partial charge on any atom is -0.353 e. The lowest BCUT2D eigenvalue weighted by Crippen LogP contribution is -2.52. The van der Waals surface area contributed by atoms with E-state index < -0.39 is 5.41 Å². The minimum absolute atomic E-state index is 0.0317. The standard InChI is InChI=1S/C19H33N3O/c1-15(2)17(22-11-7-16(3)8-12-22)13-21-18(23)19(14-20)9-5-4-6-10-19/h15-17H,4-13H2,1-3H3,(H,21,23). The highest BCUT2D eigenvalue weighted by Crippen LogP contribution is 2.35. The van der Waals surface area contributed by atoms with E-state index in [4.69, 9.17) is 0 Å². The molecule has 0 radical (unpaired) electrons. The lowest BCUT2D eigenvalue weighted by Gasteiger charge is -2.39. The van der Waals surface area contributed by atoms with Gasteiger partial charge in [-0.2, -0.15) is 5.26 Å². The zero-order valence-corrected chi connectivity index (χ0v) is 15.1. The van der Waals surface area contributed by atoms with Gasteiger partial charge in [-0.15, -0.1) is 0 Å². The first-order chi connectivity index (χ1) is 11.0. The molecule has 1 aliphatic heterocycles. The fourth-order valence-electron chi connectivity index (χ4n) is 4.06. The number of nitrogens with one attached hydrogen (secondary N) is 1. The predicted molar refractivity (Wildman–Crippen MR) is 92.7 cm³/mol. The average Bonchev–Trinajstić information content (AvgIpc) is 2.56. The van der Waals surface area contributed by atoms with Crippen LogP contribution in [-0.2, 0) is 4.79 Å². The largest absolute Gasteiger partial charge is 0.353 e. The first kappa shape index (κ1) is 18.3.